The molecule has 0 unspecified atom stereocenters. The number of fused-ring (bicyclic) bond motifs is 1. The van der Waals surface area contributed by atoms with Crippen LogP contribution in [0, 0.1) is 0 Å². The molecule has 0 aromatic carbocycles. The van der Waals surface area contributed by atoms with E-state index in [1.807, 2.05) is 0 Å². The summed E-state index contributed by atoms with van der Waals surface area (Å²) >= 11 is 0. The second-order valence-corrected chi connectivity index (χ2v) is 3.37. The van der Waals surface area contributed by atoms with Crippen LogP contribution < -0.4 is 0 Å². The molecule has 2 heterocycles. The molecule has 0 saturated heterocycles. The lowest BCUT2D eigenvalue weighted by Crippen LogP contribution is -2.25. The molecule has 1 N–H and O–H groups in total. The van der Waals surface area contributed by atoms with Crippen molar-refractivity contribution in [2.75, 3.05) is 13.2 Å². The number of aromatic nitrogens is 1. The first-order valence-electron chi connectivity index (χ1n) is 4.66. The van der Waals surface area contributed by atoms with Crippen LogP contribution >= 0.6 is 0 Å². The van der Waals surface area contributed by atoms with Crippen LogP contribution in [-0.4, -0.2) is 29.3 Å². The van der Waals surface area contributed by atoms with Crippen LogP contribution in [0.3, 0.4) is 0 Å². The molecular weight excluding hydrogens is 194 g/mol. The number of nitrogens with zero attached hydrogens (tertiary/aromatic N) is 1. The summed E-state index contributed by atoms with van der Waals surface area (Å²) < 4.78 is 4.93. The average molecular weight is 205 g/mol. The Kier molecular flexibility index (Phi) is 2.51. The summed E-state index contributed by atoms with van der Waals surface area (Å²) in [5.74, 6) is -0.556. The maximum atomic E-state index is 11.4. The maximum absolute atomic E-state index is 11.4. The molecule has 0 aliphatic carbocycles. The van der Waals surface area contributed by atoms with E-state index in [1.165, 1.54) is 6.20 Å². The summed E-state index contributed by atoms with van der Waals surface area (Å²) in [4.78, 5) is 15.4. The van der Waals surface area contributed by atoms with Gasteiger partial charge < -0.3 is 9.84 Å². The van der Waals surface area contributed by atoms with Crippen molar-refractivity contribution >= 4 is 12.0 Å². The van der Waals surface area contributed by atoms with Crippen molar-refractivity contribution in [2.45, 2.75) is 5.92 Å². The van der Waals surface area contributed by atoms with E-state index in [0.29, 0.717) is 5.56 Å². The van der Waals surface area contributed by atoms with E-state index in [2.05, 4.69) is 11.6 Å². The summed E-state index contributed by atoms with van der Waals surface area (Å²) in [6, 6.07) is 0. The Morgan fingerprint density at radius 2 is 2.47 bits per heavy atom. The van der Waals surface area contributed by atoms with Gasteiger partial charge in [-0.2, -0.15) is 0 Å². The molecule has 1 aliphatic rings. The Labute approximate surface area is 87.2 Å². The van der Waals surface area contributed by atoms with Gasteiger partial charge in [-0.3, -0.25) is 4.98 Å². The van der Waals surface area contributed by atoms with Gasteiger partial charge in [0.25, 0.3) is 0 Å². The number of aliphatic hydroxyl groups excluding tert-OH is 1. The molecule has 0 saturated carbocycles. The third kappa shape index (κ3) is 1.53. The third-order valence-corrected chi connectivity index (χ3v) is 2.50. The number of aliphatic hydroxyl groups is 1. The molecule has 0 fully saturated rings. The number of ether oxygens (including phenoxy) is 1. The Morgan fingerprint density at radius 1 is 1.67 bits per heavy atom. The van der Waals surface area contributed by atoms with E-state index < -0.39 is 0 Å². The van der Waals surface area contributed by atoms with Gasteiger partial charge in [-0.15, -0.1) is 0 Å². The molecule has 4 heteroatoms. The summed E-state index contributed by atoms with van der Waals surface area (Å²) in [7, 11) is 0. The van der Waals surface area contributed by atoms with Crippen molar-refractivity contribution in [2.24, 2.45) is 0 Å². The van der Waals surface area contributed by atoms with Crippen LogP contribution in [0.1, 0.15) is 27.4 Å². The number of cyclic esters (lactones) is 1. The second-order valence-electron chi connectivity index (χ2n) is 3.37. The van der Waals surface area contributed by atoms with Gasteiger partial charge in [0.05, 0.1) is 12.2 Å². The molecule has 78 valence electrons. The van der Waals surface area contributed by atoms with Gasteiger partial charge in [-0.05, 0) is 11.1 Å². The molecule has 1 aliphatic heterocycles. The molecule has 15 heavy (non-hydrogen) atoms. The first kappa shape index (κ1) is 9.86. The van der Waals surface area contributed by atoms with Gasteiger partial charge in [0.15, 0.2) is 0 Å². The van der Waals surface area contributed by atoms with Crippen LogP contribution in [0.15, 0.2) is 19.0 Å². The number of rotatable bonds is 2. The highest BCUT2D eigenvalue weighted by molar-refractivity contribution is 5.93. The zero-order chi connectivity index (χ0) is 10.8. The number of pyridine rings is 1. The van der Waals surface area contributed by atoms with E-state index in [0.717, 1.165) is 11.1 Å². The second kappa shape index (κ2) is 3.82. The number of carbonyl (C=O) groups is 1. The monoisotopic (exact) mass is 205 g/mol. The fourth-order valence-electron chi connectivity index (χ4n) is 1.75. The van der Waals surface area contributed by atoms with E-state index in [4.69, 9.17) is 4.74 Å². The van der Waals surface area contributed by atoms with E-state index in [9.17, 15) is 9.90 Å². The fourth-order valence-corrected chi connectivity index (χ4v) is 1.75. The lowest BCUT2D eigenvalue weighted by Gasteiger charge is -2.24. The highest BCUT2D eigenvalue weighted by Gasteiger charge is 2.28. The van der Waals surface area contributed by atoms with Gasteiger partial charge in [-0.25, -0.2) is 4.79 Å². The summed E-state index contributed by atoms with van der Waals surface area (Å²) in [6.07, 6.45) is 4.73. The molecule has 0 radical (unpaired) electrons. The van der Waals surface area contributed by atoms with Crippen molar-refractivity contribution in [3.05, 3.63) is 35.7 Å². The smallest absolute Gasteiger partial charge is 0.340 e. The van der Waals surface area contributed by atoms with Crippen molar-refractivity contribution in [3.63, 3.8) is 0 Å². The van der Waals surface area contributed by atoms with Gasteiger partial charge in [0.1, 0.15) is 6.61 Å². The number of hydrogen-bond donors (Lipinski definition) is 1. The van der Waals surface area contributed by atoms with Crippen LogP contribution in [0.5, 0.6) is 0 Å². The van der Waals surface area contributed by atoms with Crippen molar-refractivity contribution in [1.29, 1.82) is 0 Å². The standard InChI is InChI=1S/C11H11NO3/c1-2-7-3-12-4-9-10(7)8(5-13)6-15-11(9)14/h2-4,8,13H,1,5-6H2/t8-/m1/s1. The predicted molar refractivity (Wildman–Crippen MR) is 54.4 cm³/mol. The van der Waals surface area contributed by atoms with Crippen LogP contribution in [0.4, 0.5) is 0 Å². The van der Waals surface area contributed by atoms with Crippen LogP contribution in [-0.2, 0) is 4.74 Å². The zero-order valence-electron chi connectivity index (χ0n) is 8.14. The minimum atomic E-state index is -0.383. The molecule has 1 aromatic heterocycles. The third-order valence-electron chi connectivity index (χ3n) is 2.50. The number of esters is 1. The van der Waals surface area contributed by atoms with Crippen molar-refractivity contribution in [1.82, 2.24) is 4.98 Å². The summed E-state index contributed by atoms with van der Waals surface area (Å²) in [5.41, 5.74) is 2.00. The highest BCUT2D eigenvalue weighted by Crippen LogP contribution is 2.29. The molecular formula is C11H11NO3. The van der Waals surface area contributed by atoms with Gasteiger partial charge in [-0.1, -0.05) is 12.7 Å². The molecule has 0 spiro atoms. The van der Waals surface area contributed by atoms with Crippen LogP contribution in [0.25, 0.3) is 6.08 Å². The van der Waals surface area contributed by atoms with E-state index in [-0.39, 0.29) is 25.1 Å². The zero-order valence-corrected chi connectivity index (χ0v) is 8.14. The predicted octanol–water partition coefficient (Wildman–Crippen LogP) is 0.971. The molecule has 0 amide bonds. The largest absolute Gasteiger partial charge is 0.461 e. The minimum Gasteiger partial charge on any atom is -0.461 e. The van der Waals surface area contributed by atoms with Crippen molar-refractivity contribution < 1.29 is 14.6 Å². The Balaban J connectivity index is 2.61. The highest BCUT2D eigenvalue weighted by atomic mass is 16.5. The Bertz CT molecular complexity index is 414. The summed E-state index contributed by atoms with van der Waals surface area (Å²) in [5, 5.41) is 9.20. The topological polar surface area (TPSA) is 59.4 Å². The minimum absolute atomic E-state index is 0.0505. The molecule has 2 rings (SSSR count). The maximum Gasteiger partial charge on any atom is 0.340 e. The SMILES string of the molecule is C=Cc1cncc2c1[C@H](CO)COC2=O. The molecule has 1 aromatic rings. The number of carbonyl (C=O) groups excluding carboxylic acids is 1. The van der Waals surface area contributed by atoms with Crippen LogP contribution in [0.2, 0.25) is 0 Å². The first-order valence-corrected chi connectivity index (χ1v) is 4.66. The lowest BCUT2D eigenvalue weighted by atomic mass is 9.91. The fraction of sp³-hybridized carbons (Fsp3) is 0.273. The van der Waals surface area contributed by atoms with Crippen molar-refractivity contribution in [3.8, 4) is 0 Å². The normalized spacial score (nSPS) is 19.3. The van der Waals surface area contributed by atoms with Gasteiger partial charge >= 0.3 is 5.97 Å². The Morgan fingerprint density at radius 3 is 3.13 bits per heavy atom. The Hall–Kier alpha value is -1.68. The average Bonchev–Trinajstić information content (AvgIpc) is 2.29. The van der Waals surface area contributed by atoms with E-state index >= 15 is 0 Å². The molecule has 1 atom stereocenters. The van der Waals surface area contributed by atoms with E-state index in [1.54, 1.807) is 12.3 Å². The quantitative estimate of drug-likeness (QED) is 0.731. The summed E-state index contributed by atoms with van der Waals surface area (Å²) in [6.45, 7) is 3.82. The van der Waals surface area contributed by atoms with Gasteiger partial charge in [0.2, 0.25) is 0 Å². The first-order chi connectivity index (χ1) is 7.27. The van der Waals surface area contributed by atoms with Gasteiger partial charge in [0, 0.05) is 18.3 Å². The number of hydrogen-bond acceptors (Lipinski definition) is 4. The molecule has 4 nitrogen and oxygen atoms in total. The molecule has 0 bridgehead atoms. The lowest BCUT2D eigenvalue weighted by molar-refractivity contribution is 0.0403.